The van der Waals surface area contributed by atoms with Gasteiger partial charge in [0.1, 0.15) is 0 Å². The zero-order valence-electron chi connectivity index (χ0n) is 8.47. The Morgan fingerprint density at radius 2 is 2.43 bits per heavy atom. The Morgan fingerprint density at radius 1 is 1.71 bits per heavy atom. The Bertz CT molecular complexity index is 309. The number of rotatable bonds is 5. The molecule has 14 heavy (non-hydrogen) atoms. The molecule has 0 saturated heterocycles. The number of likely N-dealkylation sites (N-methyl/N-ethyl adjacent to an activating group) is 1. The number of aliphatic carboxylic acids is 1. The minimum atomic E-state index is -0.796. The van der Waals surface area contributed by atoms with Gasteiger partial charge in [-0.25, -0.2) is 0 Å². The van der Waals surface area contributed by atoms with Gasteiger partial charge in [0.2, 0.25) is 0 Å². The molecule has 0 atom stereocenters. The number of aryl methyl sites for hydroxylation is 1. The van der Waals surface area contributed by atoms with E-state index in [4.69, 9.17) is 5.11 Å². The molecule has 0 aromatic carbocycles. The molecule has 78 valence electrons. The van der Waals surface area contributed by atoms with E-state index in [-0.39, 0.29) is 6.54 Å². The lowest BCUT2D eigenvalue weighted by atomic mass is 10.3. The lowest BCUT2D eigenvalue weighted by molar-refractivity contribution is -0.138. The molecule has 0 bridgehead atoms. The Balaban J connectivity index is 2.52. The van der Waals surface area contributed by atoms with Gasteiger partial charge in [-0.3, -0.25) is 14.4 Å². The third-order valence-corrected chi connectivity index (χ3v) is 1.97. The molecule has 0 radical (unpaired) electrons. The summed E-state index contributed by atoms with van der Waals surface area (Å²) in [5.74, 6) is -0.796. The first-order chi connectivity index (χ1) is 6.61. The van der Waals surface area contributed by atoms with Crippen molar-refractivity contribution in [1.82, 2.24) is 14.7 Å². The van der Waals surface area contributed by atoms with E-state index in [0.717, 1.165) is 12.1 Å². The van der Waals surface area contributed by atoms with Crippen LogP contribution in [-0.2, 0) is 18.4 Å². The first-order valence-electron chi connectivity index (χ1n) is 4.53. The minimum absolute atomic E-state index is 0.0748. The fraction of sp³-hybridized carbons (Fsp3) is 0.556. The van der Waals surface area contributed by atoms with E-state index in [1.165, 1.54) is 0 Å². The summed E-state index contributed by atoms with van der Waals surface area (Å²) in [7, 11) is 1.84. The van der Waals surface area contributed by atoms with Crippen molar-refractivity contribution in [2.75, 3.05) is 13.1 Å². The van der Waals surface area contributed by atoms with Crippen molar-refractivity contribution in [2.24, 2.45) is 7.05 Å². The number of aromatic nitrogens is 2. The van der Waals surface area contributed by atoms with Crippen LogP contribution in [0.2, 0.25) is 0 Å². The highest BCUT2D eigenvalue weighted by Crippen LogP contribution is 2.02. The van der Waals surface area contributed by atoms with E-state index < -0.39 is 5.97 Å². The van der Waals surface area contributed by atoms with Crippen LogP contribution in [0.15, 0.2) is 12.4 Å². The second-order valence-electron chi connectivity index (χ2n) is 3.22. The monoisotopic (exact) mass is 197 g/mol. The Hall–Kier alpha value is -1.36. The van der Waals surface area contributed by atoms with Gasteiger partial charge in [0, 0.05) is 25.4 Å². The highest BCUT2D eigenvalue weighted by Gasteiger charge is 2.08. The molecule has 5 heteroatoms. The molecular formula is C9H15N3O2. The second-order valence-corrected chi connectivity index (χ2v) is 3.22. The smallest absolute Gasteiger partial charge is 0.317 e. The van der Waals surface area contributed by atoms with Gasteiger partial charge in [-0.05, 0) is 6.54 Å². The SMILES string of the molecule is CCN(CC(=O)O)Cc1cnn(C)c1. The van der Waals surface area contributed by atoms with Crippen LogP contribution in [0.5, 0.6) is 0 Å². The molecule has 1 heterocycles. The van der Waals surface area contributed by atoms with Crippen molar-refractivity contribution in [1.29, 1.82) is 0 Å². The summed E-state index contributed by atoms with van der Waals surface area (Å²) in [5, 5.41) is 12.7. The van der Waals surface area contributed by atoms with Gasteiger partial charge >= 0.3 is 5.97 Å². The van der Waals surface area contributed by atoms with E-state index >= 15 is 0 Å². The van der Waals surface area contributed by atoms with Gasteiger partial charge in [-0.2, -0.15) is 5.10 Å². The van der Waals surface area contributed by atoms with Crippen molar-refractivity contribution in [2.45, 2.75) is 13.5 Å². The number of carbonyl (C=O) groups is 1. The normalized spacial score (nSPS) is 10.8. The summed E-state index contributed by atoms with van der Waals surface area (Å²) in [5.41, 5.74) is 1.04. The number of nitrogens with zero attached hydrogens (tertiary/aromatic N) is 3. The molecule has 5 nitrogen and oxygen atoms in total. The molecule has 0 fully saturated rings. The van der Waals surface area contributed by atoms with Gasteiger partial charge in [-0.1, -0.05) is 6.92 Å². The summed E-state index contributed by atoms with van der Waals surface area (Å²) < 4.78 is 1.71. The molecule has 0 spiro atoms. The van der Waals surface area contributed by atoms with Crippen LogP contribution in [-0.4, -0.2) is 38.8 Å². The highest BCUT2D eigenvalue weighted by molar-refractivity contribution is 5.69. The van der Waals surface area contributed by atoms with Crippen LogP contribution < -0.4 is 0 Å². The van der Waals surface area contributed by atoms with Gasteiger partial charge in [0.15, 0.2) is 0 Å². The van der Waals surface area contributed by atoms with Crippen LogP contribution in [0.4, 0.5) is 0 Å². The third kappa shape index (κ3) is 3.18. The molecule has 1 N–H and O–H groups in total. The highest BCUT2D eigenvalue weighted by atomic mass is 16.4. The van der Waals surface area contributed by atoms with Gasteiger partial charge < -0.3 is 5.11 Å². The van der Waals surface area contributed by atoms with E-state index in [1.54, 1.807) is 10.9 Å². The van der Waals surface area contributed by atoms with E-state index in [1.807, 2.05) is 25.1 Å². The predicted octanol–water partition coefficient (Wildman–Crippen LogP) is 0.327. The molecule has 0 aliphatic heterocycles. The number of hydrogen-bond donors (Lipinski definition) is 1. The summed E-state index contributed by atoms with van der Waals surface area (Å²) in [6.07, 6.45) is 3.65. The average Bonchev–Trinajstić information content (AvgIpc) is 2.49. The zero-order chi connectivity index (χ0) is 10.6. The Kier molecular flexibility index (Phi) is 3.64. The largest absolute Gasteiger partial charge is 0.480 e. The summed E-state index contributed by atoms with van der Waals surface area (Å²) >= 11 is 0. The van der Waals surface area contributed by atoms with Crippen molar-refractivity contribution in [3.63, 3.8) is 0 Å². The molecular weight excluding hydrogens is 182 g/mol. The van der Waals surface area contributed by atoms with Crippen LogP contribution in [0, 0.1) is 0 Å². The molecule has 1 rings (SSSR count). The molecule has 1 aromatic rings. The molecule has 0 aliphatic carbocycles. The quantitative estimate of drug-likeness (QED) is 0.738. The van der Waals surface area contributed by atoms with Crippen molar-refractivity contribution >= 4 is 5.97 Å². The van der Waals surface area contributed by atoms with Crippen LogP contribution >= 0.6 is 0 Å². The topological polar surface area (TPSA) is 58.4 Å². The van der Waals surface area contributed by atoms with E-state index in [9.17, 15) is 4.79 Å². The maximum Gasteiger partial charge on any atom is 0.317 e. The fourth-order valence-corrected chi connectivity index (χ4v) is 1.28. The molecule has 0 saturated carbocycles. The minimum Gasteiger partial charge on any atom is -0.480 e. The Morgan fingerprint density at radius 3 is 2.86 bits per heavy atom. The first-order valence-corrected chi connectivity index (χ1v) is 4.53. The standard InChI is InChI=1S/C9H15N3O2/c1-3-12(7-9(13)14)6-8-4-10-11(2)5-8/h4-5H,3,6-7H2,1-2H3,(H,13,14). The van der Waals surface area contributed by atoms with Crippen LogP contribution in [0.3, 0.4) is 0 Å². The van der Waals surface area contributed by atoms with Crippen molar-refractivity contribution in [3.05, 3.63) is 18.0 Å². The molecule has 0 amide bonds. The zero-order valence-corrected chi connectivity index (χ0v) is 8.47. The number of hydrogen-bond acceptors (Lipinski definition) is 3. The third-order valence-electron chi connectivity index (χ3n) is 1.97. The molecule has 0 aliphatic rings. The van der Waals surface area contributed by atoms with Gasteiger partial charge in [0.25, 0.3) is 0 Å². The van der Waals surface area contributed by atoms with Gasteiger partial charge in [0.05, 0.1) is 12.7 Å². The summed E-state index contributed by atoms with van der Waals surface area (Å²) in [6.45, 7) is 3.38. The van der Waals surface area contributed by atoms with Crippen LogP contribution in [0.25, 0.3) is 0 Å². The lowest BCUT2D eigenvalue weighted by Gasteiger charge is -2.16. The second kappa shape index (κ2) is 4.76. The maximum absolute atomic E-state index is 10.5. The van der Waals surface area contributed by atoms with Gasteiger partial charge in [-0.15, -0.1) is 0 Å². The Labute approximate surface area is 82.9 Å². The maximum atomic E-state index is 10.5. The molecule has 0 unspecified atom stereocenters. The lowest BCUT2D eigenvalue weighted by Crippen LogP contribution is -2.28. The first kappa shape index (κ1) is 10.7. The fourth-order valence-electron chi connectivity index (χ4n) is 1.28. The number of carboxylic acids is 1. The average molecular weight is 197 g/mol. The summed E-state index contributed by atoms with van der Waals surface area (Å²) in [4.78, 5) is 12.3. The molecule has 1 aromatic heterocycles. The van der Waals surface area contributed by atoms with E-state index in [0.29, 0.717) is 6.54 Å². The number of carboxylic acid groups (broad SMARTS) is 1. The van der Waals surface area contributed by atoms with Crippen molar-refractivity contribution < 1.29 is 9.90 Å². The van der Waals surface area contributed by atoms with E-state index in [2.05, 4.69) is 5.10 Å². The predicted molar refractivity (Wildman–Crippen MR) is 51.8 cm³/mol. The van der Waals surface area contributed by atoms with Crippen molar-refractivity contribution in [3.8, 4) is 0 Å². The van der Waals surface area contributed by atoms with Crippen LogP contribution in [0.1, 0.15) is 12.5 Å². The summed E-state index contributed by atoms with van der Waals surface area (Å²) in [6, 6.07) is 0.